The van der Waals surface area contributed by atoms with Crippen molar-refractivity contribution in [1.29, 1.82) is 0 Å². The number of rotatable bonds is 7. The van der Waals surface area contributed by atoms with Crippen molar-refractivity contribution in [3.8, 4) is 0 Å². The van der Waals surface area contributed by atoms with Crippen LogP contribution in [0.15, 0.2) is 91.0 Å². The third-order valence-corrected chi connectivity index (χ3v) is 5.67. The fraction of sp³-hybridized carbons (Fsp3) is 0.222. The standard InChI is InChI=1S/C27H25NO8/c28-24-23(36-27(32)19-14-8-3-9-15-19)22(35-26(31)18-12-6-2-7-13-18)21(20(16-29)33-24)34-25(30)17-10-4-1-5-11-17/h1-15,20-24,29H,16,28H2/p+1/t20-,21-,22+,23-,24-/m1/s1. The van der Waals surface area contributed by atoms with E-state index in [0.29, 0.717) is 0 Å². The summed E-state index contributed by atoms with van der Waals surface area (Å²) >= 11 is 0. The number of carbonyl (C=O) groups is 3. The van der Waals surface area contributed by atoms with E-state index in [1.807, 2.05) is 0 Å². The van der Waals surface area contributed by atoms with Crippen molar-refractivity contribution in [3.05, 3.63) is 108 Å². The topological polar surface area (TPSA) is 136 Å². The third kappa shape index (κ3) is 5.77. The van der Waals surface area contributed by atoms with E-state index in [2.05, 4.69) is 5.73 Å². The summed E-state index contributed by atoms with van der Waals surface area (Å²) in [5, 5.41) is 9.99. The third-order valence-electron chi connectivity index (χ3n) is 5.67. The van der Waals surface area contributed by atoms with E-state index in [9.17, 15) is 19.5 Å². The molecule has 0 radical (unpaired) electrons. The lowest BCUT2D eigenvalue weighted by Crippen LogP contribution is -2.77. The van der Waals surface area contributed by atoms with Crippen molar-refractivity contribution in [1.82, 2.24) is 0 Å². The van der Waals surface area contributed by atoms with Crippen molar-refractivity contribution in [2.24, 2.45) is 0 Å². The molecule has 0 spiro atoms. The average molecular weight is 493 g/mol. The Bertz CT molecular complexity index is 1170. The molecule has 9 heteroatoms. The van der Waals surface area contributed by atoms with Gasteiger partial charge in [-0.05, 0) is 36.4 Å². The second kappa shape index (κ2) is 11.6. The molecule has 0 aromatic heterocycles. The maximum Gasteiger partial charge on any atom is 0.338 e. The zero-order valence-electron chi connectivity index (χ0n) is 19.3. The van der Waals surface area contributed by atoms with Crippen LogP contribution in [-0.4, -0.2) is 60.3 Å². The quantitative estimate of drug-likeness (QED) is 0.375. The monoisotopic (exact) mass is 492 g/mol. The summed E-state index contributed by atoms with van der Waals surface area (Å²) in [5.74, 6) is -2.15. The maximum absolute atomic E-state index is 13.0. The lowest BCUT2D eigenvalue weighted by atomic mass is 9.97. The van der Waals surface area contributed by atoms with E-state index in [1.54, 1.807) is 91.0 Å². The van der Waals surface area contributed by atoms with Gasteiger partial charge >= 0.3 is 17.9 Å². The van der Waals surface area contributed by atoms with E-state index in [-0.39, 0.29) is 16.7 Å². The lowest BCUT2D eigenvalue weighted by Gasteiger charge is -2.41. The van der Waals surface area contributed by atoms with Crippen LogP contribution < -0.4 is 5.73 Å². The highest BCUT2D eigenvalue weighted by atomic mass is 16.7. The molecule has 4 N–H and O–H groups in total. The molecule has 0 aliphatic carbocycles. The largest absolute Gasteiger partial charge is 0.452 e. The van der Waals surface area contributed by atoms with Gasteiger partial charge in [-0.25, -0.2) is 14.4 Å². The molecule has 0 bridgehead atoms. The number of benzene rings is 3. The first kappa shape index (κ1) is 25.1. The fourth-order valence-electron chi connectivity index (χ4n) is 3.85. The smallest absolute Gasteiger partial charge is 0.338 e. The summed E-state index contributed by atoms with van der Waals surface area (Å²) in [5.41, 5.74) is 4.64. The number of esters is 3. The van der Waals surface area contributed by atoms with Gasteiger partial charge in [0, 0.05) is 0 Å². The molecule has 0 unspecified atom stereocenters. The Balaban J connectivity index is 1.66. The molecule has 1 fully saturated rings. The van der Waals surface area contributed by atoms with Gasteiger partial charge < -0.3 is 29.8 Å². The normalized spacial score (nSPS) is 23.3. The second-order valence-electron chi connectivity index (χ2n) is 8.10. The van der Waals surface area contributed by atoms with Gasteiger partial charge in [0.25, 0.3) is 0 Å². The summed E-state index contributed by atoms with van der Waals surface area (Å²) in [6, 6.07) is 24.6. The molecule has 1 aliphatic heterocycles. The molecule has 9 nitrogen and oxygen atoms in total. The van der Waals surface area contributed by atoms with E-state index in [1.165, 1.54) is 0 Å². The molecule has 0 amide bonds. The van der Waals surface area contributed by atoms with Crippen LogP contribution in [0.5, 0.6) is 0 Å². The van der Waals surface area contributed by atoms with E-state index >= 15 is 0 Å². The van der Waals surface area contributed by atoms with Crippen molar-refractivity contribution in [2.75, 3.05) is 6.61 Å². The first-order valence-electron chi connectivity index (χ1n) is 11.4. The van der Waals surface area contributed by atoms with Crippen molar-refractivity contribution in [2.45, 2.75) is 30.6 Å². The van der Waals surface area contributed by atoms with Crippen LogP contribution in [0.25, 0.3) is 0 Å². The molecule has 3 aromatic rings. The predicted octanol–water partition coefficient (Wildman–Crippen LogP) is 1.62. The Morgan fingerprint density at radius 2 is 1.00 bits per heavy atom. The van der Waals surface area contributed by atoms with Crippen LogP contribution in [-0.2, 0) is 18.9 Å². The zero-order chi connectivity index (χ0) is 25.5. The molecular formula is C27H26NO8+. The molecule has 5 atom stereocenters. The van der Waals surface area contributed by atoms with E-state index in [4.69, 9.17) is 18.9 Å². The van der Waals surface area contributed by atoms with Gasteiger partial charge in [-0.2, -0.15) is 0 Å². The minimum absolute atomic E-state index is 0.242. The van der Waals surface area contributed by atoms with Gasteiger partial charge in [0.1, 0.15) is 6.10 Å². The van der Waals surface area contributed by atoms with Gasteiger partial charge in [-0.15, -0.1) is 0 Å². The maximum atomic E-state index is 13.0. The molecule has 1 heterocycles. The molecule has 36 heavy (non-hydrogen) atoms. The average Bonchev–Trinajstić information content (AvgIpc) is 2.93. The van der Waals surface area contributed by atoms with E-state index in [0.717, 1.165) is 0 Å². The van der Waals surface area contributed by atoms with Crippen LogP contribution in [0.3, 0.4) is 0 Å². The minimum Gasteiger partial charge on any atom is -0.452 e. The molecule has 1 saturated heterocycles. The SMILES string of the molecule is [NH3+][C@@H]1O[C@H](CO)[C@@H](OC(=O)c2ccccc2)[C@H](OC(=O)c2ccccc2)[C@H]1OC(=O)c1ccccc1. The number of aliphatic hydroxyl groups excluding tert-OH is 1. The summed E-state index contributed by atoms with van der Waals surface area (Å²) in [4.78, 5) is 38.7. The van der Waals surface area contributed by atoms with Crippen LogP contribution in [0.2, 0.25) is 0 Å². The molecule has 0 saturated carbocycles. The van der Waals surface area contributed by atoms with Gasteiger partial charge in [0.2, 0.25) is 12.3 Å². The van der Waals surface area contributed by atoms with Gasteiger partial charge in [0.05, 0.1) is 23.3 Å². The first-order chi connectivity index (χ1) is 17.5. The lowest BCUT2D eigenvalue weighted by molar-refractivity contribution is -0.531. The van der Waals surface area contributed by atoms with Crippen LogP contribution in [0.1, 0.15) is 31.1 Å². The Morgan fingerprint density at radius 3 is 1.39 bits per heavy atom. The Morgan fingerprint density at radius 1 is 0.639 bits per heavy atom. The Labute approximate surface area is 207 Å². The highest BCUT2D eigenvalue weighted by molar-refractivity contribution is 5.91. The summed E-state index contributed by atoms with van der Waals surface area (Å²) < 4.78 is 22.8. The molecule has 186 valence electrons. The number of ether oxygens (including phenoxy) is 4. The van der Waals surface area contributed by atoms with Crippen molar-refractivity contribution < 1.29 is 44.2 Å². The van der Waals surface area contributed by atoms with Crippen LogP contribution >= 0.6 is 0 Å². The fourth-order valence-corrected chi connectivity index (χ4v) is 3.85. The van der Waals surface area contributed by atoms with Crippen molar-refractivity contribution in [3.63, 3.8) is 0 Å². The molecule has 4 rings (SSSR count). The van der Waals surface area contributed by atoms with Crippen LogP contribution in [0, 0.1) is 0 Å². The highest BCUT2D eigenvalue weighted by Crippen LogP contribution is 2.28. The van der Waals surface area contributed by atoms with Crippen LogP contribution in [0.4, 0.5) is 0 Å². The summed E-state index contributed by atoms with van der Waals surface area (Å²) in [6.45, 7) is -0.558. The molecule has 1 aliphatic rings. The second-order valence-corrected chi connectivity index (χ2v) is 8.10. The van der Waals surface area contributed by atoms with Gasteiger partial charge in [-0.1, -0.05) is 54.6 Å². The minimum atomic E-state index is -1.31. The number of hydrogen-bond donors (Lipinski definition) is 2. The van der Waals surface area contributed by atoms with E-state index < -0.39 is 55.2 Å². The van der Waals surface area contributed by atoms with Gasteiger partial charge in [-0.3, -0.25) is 0 Å². The Hall–Kier alpha value is -4.05. The summed E-state index contributed by atoms with van der Waals surface area (Å²) in [7, 11) is 0. The zero-order valence-corrected chi connectivity index (χ0v) is 19.3. The van der Waals surface area contributed by atoms with Gasteiger partial charge in [0.15, 0.2) is 12.2 Å². The number of hydrogen-bond acceptors (Lipinski definition) is 8. The summed E-state index contributed by atoms with van der Waals surface area (Å²) in [6.07, 6.45) is -5.95. The number of quaternary nitrogens is 1. The first-order valence-corrected chi connectivity index (χ1v) is 11.4. The van der Waals surface area contributed by atoms with Crippen molar-refractivity contribution >= 4 is 17.9 Å². The predicted molar refractivity (Wildman–Crippen MR) is 126 cm³/mol. The molecular weight excluding hydrogens is 466 g/mol. The molecule has 3 aromatic carbocycles. The number of aliphatic hydroxyl groups is 1. The Kier molecular flexibility index (Phi) is 8.06. The highest BCUT2D eigenvalue weighted by Gasteiger charge is 2.53. The number of carbonyl (C=O) groups excluding carboxylic acids is 3.